The highest BCUT2D eigenvalue weighted by atomic mass is 16.5. The van der Waals surface area contributed by atoms with Crippen LogP contribution in [0.1, 0.15) is 21.6 Å². The van der Waals surface area contributed by atoms with E-state index in [1.54, 1.807) is 38.5 Å². The minimum Gasteiger partial charge on any atom is -0.493 e. The summed E-state index contributed by atoms with van der Waals surface area (Å²) in [4.78, 5) is 21.2. The molecule has 0 atom stereocenters. The average molecular weight is 308 g/mol. The van der Waals surface area contributed by atoms with Gasteiger partial charge in [-0.05, 0) is 13.0 Å². The molecular formula is C18H16N2O3. The monoisotopic (exact) mass is 308 g/mol. The molecule has 0 aliphatic heterocycles. The van der Waals surface area contributed by atoms with Crippen LogP contribution >= 0.6 is 0 Å². The number of aryl methyl sites for hydroxylation is 1. The van der Waals surface area contributed by atoms with E-state index in [2.05, 4.69) is 9.97 Å². The van der Waals surface area contributed by atoms with Gasteiger partial charge in [0.1, 0.15) is 12.0 Å². The van der Waals surface area contributed by atoms with Crippen molar-refractivity contribution in [2.75, 3.05) is 14.2 Å². The SMILES string of the molecule is COc1cc2ncnc(C(=O)c3ccc(C)cc3)c2cc1OC. The Balaban J connectivity index is 2.17. The molecule has 3 rings (SSSR count). The molecule has 0 radical (unpaired) electrons. The maximum Gasteiger partial charge on any atom is 0.212 e. The number of methoxy groups -OCH3 is 2. The maximum absolute atomic E-state index is 12.8. The Bertz CT molecular complexity index is 873. The summed E-state index contributed by atoms with van der Waals surface area (Å²) >= 11 is 0. The molecule has 0 aliphatic rings. The summed E-state index contributed by atoms with van der Waals surface area (Å²) in [5, 5.41) is 0.635. The molecule has 0 aliphatic carbocycles. The highest BCUT2D eigenvalue weighted by molar-refractivity contribution is 6.14. The lowest BCUT2D eigenvalue weighted by Crippen LogP contribution is -2.06. The molecule has 5 nitrogen and oxygen atoms in total. The van der Waals surface area contributed by atoms with Gasteiger partial charge in [0.05, 0.1) is 19.7 Å². The van der Waals surface area contributed by atoms with Crippen LogP contribution in [-0.2, 0) is 0 Å². The van der Waals surface area contributed by atoms with Crippen molar-refractivity contribution >= 4 is 16.7 Å². The first kappa shape index (κ1) is 15.0. The predicted octanol–water partition coefficient (Wildman–Crippen LogP) is 3.19. The number of carbonyl (C=O) groups excluding carboxylic acids is 1. The van der Waals surface area contributed by atoms with Crippen LogP contribution in [0.5, 0.6) is 11.5 Å². The van der Waals surface area contributed by atoms with Gasteiger partial charge >= 0.3 is 0 Å². The molecule has 116 valence electrons. The molecule has 0 N–H and O–H groups in total. The lowest BCUT2D eigenvalue weighted by molar-refractivity contribution is 0.103. The van der Waals surface area contributed by atoms with E-state index in [0.717, 1.165) is 5.56 Å². The Labute approximate surface area is 133 Å². The lowest BCUT2D eigenvalue weighted by atomic mass is 10.0. The fraction of sp³-hybridized carbons (Fsp3) is 0.167. The van der Waals surface area contributed by atoms with Crippen LogP contribution in [-0.4, -0.2) is 30.0 Å². The van der Waals surface area contributed by atoms with Crippen molar-refractivity contribution in [3.63, 3.8) is 0 Å². The Morgan fingerprint density at radius 2 is 1.61 bits per heavy atom. The van der Waals surface area contributed by atoms with Gasteiger partial charge in [0.2, 0.25) is 5.78 Å². The van der Waals surface area contributed by atoms with Crippen LogP contribution in [0.3, 0.4) is 0 Å². The van der Waals surface area contributed by atoms with Crippen molar-refractivity contribution in [3.05, 3.63) is 59.5 Å². The zero-order valence-electron chi connectivity index (χ0n) is 13.2. The second-order valence-electron chi connectivity index (χ2n) is 5.14. The van der Waals surface area contributed by atoms with Crippen molar-refractivity contribution in [1.29, 1.82) is 0 Å². The molecule has 3 aromatic rings. The second kappa shape index (κ2) is 6.04. The third-order valence-electron chi connectivity index (χ3n) is 3.67. The molecule has 5 heteroatoms. The minimum atomic E-state index is -0.149. The Kier molecular flexibility index (Phi) is 3.93. The number of benzene rings is 2. The average Bonchev–Trinajstić information content (AvgIpc) is 2.60. The summed E-state index contributed by atoms with van der Waals surface area (Å²) in [6, 6.07) is 10.9. The van der Waals surface area contributed by atoms with Crippen molar-refractivity contribution in [3.8, 4) is 11.5 Å². The number of nitrogens with zero attached hydrogens (tertiary/aromatic N) is 2. The first-order valence-electron chi connectivity index (χ1n) is 7.12. The van der Waals surface area contributed by atoms with Gasteiger partial charge < -0.3 is 9.47 Å². The number of hydrogen-bond acceptors (Lipinski definition) is 5. The van der Waals surface area contributed by atoms with Crippen LogP contribution in [0, 0.1) is 6.92 Å². The van der Waals surface area contributed by atoms with Crippen LogP contribution in [0.2, 0.25) is 0 Å². The number of ketones is 1. The Hall–Kier alpha value is -2.95. The quantitative estimate of drug-likeness (QED) is 0.693. The number of rotatable bonds is 4. The van der Waals surface area contributed by atoms with Gasteiger partial charge in [-0.2, -0.15) is 0 Å². The molecule has 0 spiro atoms. The highest BCUT2D eigenvalue weighted by Gasteiger charge is 2.17. The fourth-order valence-corrected chi connectivity index (χ4v) is 2.41. The molecule has 0 saturated heterocycles. The summed E-state index contributed by atoms with van der Waals surface area (Å²) in [7, 11) is 3.11. The normalized spacial score (nSPS) is 10.6. The lowest BCUT2D eigenvalue weighted by Gasteiger charge is -2.10. The molecular weight excluding hydrogens is 292 g/mol. The number of carbonyl (C=O) groups is 1. The summed E-state index contributed by atoms with van der Waals surface area (Å²) < 4.78 is 10.6. The highest BCUT2D eigenvalue weighted by Crippen LogP contribution is 2.32. The first-order chi connectivity index (χ1) is 11.1. The first-order valence-corrected chi connectivity index (χ1v) is 7.12. The van der Waals surface area contributed by atoms with Crippen molar-refractivity contribution in [1.82, 2.24) is 9.97 Å². The molecule has 0 fully saturated rings. The van der Waals surface area contributed by atoms with E-state index in [1.165, 1.54) is 6.33 Å². The smallest absolute Gasteiger partial charge is 0.212 e. The van der Waals surface area contributed by atoms with Crippen LogP contribution in [0.4, 0.5) is 0 Å². The van der Waals surface area contributed by atoms with Gasteiger partial charge in [-0.15, -0.1) is 0 Å². The number of ether oxygens (including phenoxy) is 2. The minimum absolute atomic E-state index is 0.149. The van der Waals surface area contributed by atoms with Gasteiger partial charge in [-0.25, -0.2) is 9.97 Å². The zero-order valence-corrected chi connectivity index (χ0v) is 13.2. The second-order valence-corrected chi connectivity index (χ2v) is 5.14. The van der Waals surface area contributed by atoms with E-state index in [0.29, 0.717) is 33.7 Å². The predicted molar refractivity (Wildman–Crippen MR) is 87.3 cm³/mol. The Morgan fingerprint density at radius 3 is 2.26 bits per heavy atom. The topological polar surface area (TPSA) is 61.3 Å². The van der Waals surface area contributed by atoms with E-state index in [1.807, 2.05) is 19.1 Å². The molecule has 0 saturated carbocycles. The summed E-state index contributed by atoms with van der Waals surface area (Å²) in [5.41, 5.74) is 2.67. The fourth-order valence-electron chi connectivity index (χ4n) is 2.41. The van der Waals surface area contributed by atoms with Gasteiger partial charge in [0.15, 0.2) is 11.5 Å². The van der Waals surface area contributed by atoms with E-state index < -0.39 is 0 Å². The van der Waals surface area contributed by atoms with E-state index >= 15 is 0 Å². The van der Waals surface area contributed by atoms with Crippen molar-refractivity contribution in [2.45, 2.75) is 6.92 Å². The van der Waals surface area contributed by atoms with Crippen molar-refractivity contribution in [2.24, 2.45) is 0 Å². The zero-order chi connectivity index (χ0) is 16.4. The van der Waals surface area contributed by atoms with Gasteiger partial charge in [-0.1, -0.05) is 29.8 Å². The van der Waals surface area contributed by atoms with Crippen LogP contribution in [0.25, 0.3) is 10.9 Å². The molecule has 1 heterocycles. The Morgan fingerprint density at radius 1 is 0.957 bits per heavy atom. The molecule has 2 aromatic carbocycles. The van der Waals surface area contributed by atoms with Crippen LogP contribution < -0.4 is 9.47 Å². The summed E-state index contributed by atoms with van der Waals surface area (Å²) in [6.07, 6.45) is 1.38. The summed E-state index contributed by atoms with van der Waals surface area (Å²) in [6.45, 7) is 1.98. The van der Waals surface area contributed by atoms with Crippen LogP contribution in [0.15, 0.2) is 42.7 Å². The number of aromatic nitrogens is 2. The maximum atomic E-state index is 12.8. The van der Waals surface area contributed by atoms with Gasteiger partial charge in [0, 0.05) is 17.0 Å². The van der Waals surface area contributed by atoms with Gasteiger partial charge in [-0.3, -0.25) is 4.79 Å². The van der Waals surface area contributed by atoms with E-state index in [4.69, 9.17) is 9.47 Å². The number of hydrogen-bond donors (Lipinski definition) is 0. The summed E-state index contributed by atoms with van der Waals surface area (Å²) in [5.74, 6) is 0.949. The van der Waals surface area contributed by atoms with Gasteiger partial charge in [0.25, 0.3) is 0 Å². The largest absolute Gasteiger partial charge is 0.493 e. The molecule has 23 heavy (non-hydrogen) atoms. The molecule has 0 unspecified atom stereocenters. The number of fused-ring (bicyclic) bond motifs is 1. The van der Waals surface area contributed by atoms with E-state index in [-0.39, 0.29) is 5.78 Å². The molecule has 1 aromatic heterocycles. The molecule has 0 amide bonds. The standard InChI is InChI=1S/C18H16N2O3/c1-11-4-6-12(7-5-11)18(21)17-13-8-15(22-2)16(23-3)9-14(13)19-10-20-17/h4-10H,1-3H3. The van der Waals surface area contributed by atoms with E-state index in [9.17, 15) is 4.79 Å². The third kappa shape index (κ3) is 2.73. The third-order valence-corrected chi connectivity index (χ3v) is 3.67. The van der Waals surface area contributed by atoms with Crippen molar-refractivity contribution < 1.29 is 14.3 Å². The molecule has 0 bridgehead atoms.